The van der Waals surface area contributed by atoms with Gasteiger partial charge in [-0.15, -0.1) is 0 Å². The van der Waals surface area contributed by atoms with Gasteiger partial charge in [-0.2, -0.15) is 0 Å². The van der Waals surface area contributed by atoms with Crippen molar-refractivity contribution in [1.29, 1.82) is 0 Å². The number of cyclic esters (lactones) is 1. The smallest absolute Gasteiger partial charge is 0.407 e. The van der Waals surface area contributed by atoms with Crippen LogP contribution in [0.5, 0.6) is 0 Å². The molecule has 5 nitrogen and oxygen atoms in total. The molecule has 1 aromatic heterocycles. The number of rotatable bonds is 3. The summed E-state index contributed by atoms with van der Waals surface area (Å²) in [7, 11) is 0. The van der Waals surface area contributed by atoms with Crippen LogP contribution < -0.4 is 5.32 Å². The summed E-state index contributed by atoms with van der Waals surface area (Å²) >= 11 is 0. The van der Waals surface area contributed by atoms with E-state index in [0.29, 0.717) is 25.3 Å². The summed E-state index contributed by atoms with van der Waals surface area (Å²) in [4.78, 5) is 10.7. The molecule has 0 radical (unpaired) electrons. The van der Waals surface area contributed by atoms with Crippen LogP contribution in [-0.2, 0) is 17.8 Å². The lowest BCUT2D eigenvalue weighted by atomic mass is 10.0. The van der Waals surface area contributed by atoms with Crippen LogP contribution in [0.2, 0.25) is 0 Å². The molecule has 1 aromatic rings. The third-order valence-electron chi connectivity index (χ3n) is 2.35. The minimum Gasteiger partial charge on any atom is -0.464 e. The van der Waals surface area contributed by atoms with E-state index in [1.54, 1.807) is 6.07 Å². The van der Waals surface area contributed by atoms with Crippen LogP contribution in [0.3, 0.4) is 0 Å². The van der Waals surface area contributed by atoms with Gasteiger partial charge in [0.25, 0.3) is 0 Å². The standard InChI is InChI=1S/C10H13NO4/c12-5-9-2-1-8(15-9)3-7-4-11-10(13)14-6-7/h1-2,7,12H,3-6H2,(H,11,13). The van der Waals surface area contributed by atoms with Crippen LogP contribution in [0, 0.1) is 5.92 Å². The van der Waals surface area contributed by atoms with Gasteiger partial charge in [-0.25, -0.2) is 4.79 Å². The maximum absolute atomic E-state index is 10.7. The van der Waals surface area contributed by atoms with E-state index < -0.39 is 0 Å². The summed E-state index contributed by atoms with van der Waals surface area (Å²) in [6.07, 6.45) is 0.349. The van der Waals surface area contributed by atoms with Crippen molar-refractivity contribution in [3.05, 3.63) is 23.7 Å². The quantitative estimate of drug-likeness (QED) is 0.770. The van der Waals surface area contributed by atoms with E-state index in [1.165, 1.54) is 0 Å². The van der Waals surface area contributed by atoms with Crippen LogP contribution in [0.15, 0.2) is 16.5 Å². The first-order chi connectivity index (χ1) is 7.28. The third-order valence-corrected chi connectivity index (χ3v) is 2.35. The molecule has 1 unspecified atom stereocenters. The van der Waals surface area contributed by atoms with Crippen LogP contribution in [-0.4, -0.2) is 24.4 Å². The van der Waals surface area contributed by atoms with Gasteiger partial charge in [0.1, 0.15) is 18.1 Å². The van der Waals surface area contributed by atoms with Gasteiger partial charge in [0.15, 0.2) is 0 Å². The van der Waals surface area contributed by atoms with Crippen LogP contribution in [0.25, 0.3) is 0 Å². The molecule has 0 spiro atoms. The summed E-state index contributed by atoms with van der Waals surface area (Å²) in [5.41, 5.74) is 0. The molecule has 0 aromatic carbocycles. The first-order valence-electron chi connectivity index (χ1n) is 4.87. The van der Waals surface area contributed by atoms with E-state index in [0.717, 1.165) is 5.76 Å². The average molecular weight is 211 g/mol. The molecule has 0 bridgehead atoms. The van der Waals surface area contributed by atoms with Gasteiger partial charge in [-0.05, 0) is 12.1 Å². The summed E-state index contributed by atoms with van der Waals surface area (Å²) in [6, 6.07) is 3.58. The predicted octanol–water partition coefficient (Wildman–Crippen LogP) is 0.670. The highest BCUT2D eigenvalue weighted by atomic mass is 16.6. The molecule has 82 valence electrons. The van der Waals surface area contributed by atoms with Gasteiger partial charge in [0.2, 0.25) is 0 Å². The monoisotopic (exact) mass is 211 g/mol. The Morgan fingerprint density at radius 1 is 1.47 bits per heavy atom. The minimum atomic E-state index is -0.359. The van der Waals surface area contributed by atoms with E-state index >= 15 is 0 Å². The fourth-order valence-corrected chi connectivity index (χ4v) is 1.56. The number of aliphatic hydroxyl groups excluding tert-OH is 1. The Bertz CT molecular complexity index is 337. The lowest BCUT2D eigenvalue weighted by Gasteiger charge is -2.21. The van der Waals surface area contributed by atoms with Gasteiger partial charge >= 0.3 is 6.09 Å². The summed E-state index contributed by atoms with van der Waals surface area (Å²) < 4.78 is 10.2. The van der Waals surface area contributed by atoms with Crippen LogP contribution in [0.4, 0.5) is 4.79 Å². The van der Waals surface area contributed by atoms with Gasteiger partial charge < -0.3 is 19.6 Å². The van der Waals surface area contributed by atoms with Crippen molar-refractivity contribution >= 4 is 6.09 Å². The molecule has 15 heavy (non-hydrogen) atoms. The van der Waals surface area contributed by atoms with Crippen molar-refractivity contribution in [2.24, 2.45) is 5.92 Å². The second-order valence-corrected chi connectivity index (χ2v) is 3.58. The average Bonchev–Trinajstić information content (AvgIpc) is 2.69. The SMILES string of the molecule is O=C1NCC(Cc2ccc(CO)o2)CO1. The normalized spacial score (nSPS) is 20.9. The van der Waals surface area contributed by atoms with E-state index in [1.807, 2.05) is 6.07 Å². The number of nitrogens with one attached hydrogen (secondary N) is 1. The number of amides is 1. The Labute approximate surface area is 87.0 Å². The van der Waals surface area contributed by atoms with Crippen molar-refractivity contribution < 1.29 is 19.1 Å². The second kappa shape index (κ2) is 4.35. The largest absolute Gasteiger partial charge is 0.464 e. The highest BCUT2D eigenvalue weighted by molar-refractivity contribution is 5.67. The van der Waals surface area contributed by atoms with Gasteiger partial charge in [-0.1, -0.05) is 0 Å². The molecule has 2 rings (SSSR count). The lowest BCUT2D eigenvalue weighted by Crippen LogP contribution is -2.39. The Morgan fingerprint density at radius 3 is 2.87 bits per heavy atom. The van der Waals surface area contributed by atoms with Crippen LogP contribution in [0.1, 0.15) is 11.5 Å². The summed E-state index contributed by atoms with van der Waals surface area (Å²) in [5.74, 6) is 1.61. The van der Waals surface area contributed by atoms with Gasteiger partial charge in [0.05, 0.1) is 6.61 Å². The maximum atomic E-state index is 10.7. The van der Waals surface area contributed by atoms with Crippen molar-refractivity contribution in [2.75, 3.05) is 13.2 Å². The number of carbonyl (C=O) groups is 1. The van der Waals surface area contributed by atoms with Crippen molar-refractivity contribution in [3.63, 3.8) is 0 Å². The number of alkyl carbamates (subject to hydrolysis) is 1. The number of hydrogen-bond acceptors (Lipinski definition) is 4. The number of furan rings is 1. The van der Waals surface area contributed by atoms with E-state index in [4.69, 9.17) is 14.3 Å². The zero-order valence-electron chi connectivity index (χ0n) is 8.23. The molecule has 2 heterocycles. The number of hydrogen-bond donors (Lipinski definition) is 2. The summed E-state index contributed by atoms with van der Waals surface area (Å²) in [5, 5.41) is 11.4. The number of ether oxygens (including phenoxy) is 1. The Hall–Kier alpha value is -1.49. The molecule has 1 aliphatic rings. The fraction of sp³-hybridized carbons (Fsp3) is 0.500. The topological polar surface area (TPSA) is 71.7 Å². The lowest BCUT2D eigenvalue weighted by molar-refractivity contribution is 0.101. The second-order valence-electron chi connectivity index (χ2n) is 3.58. The van der Waals surface area contributed by atoms with E-state index in [-0.39, 0.29) is 18.6 Å². The molecule has 0 saturated carbocycles. The first kappa shape index (κ1) is 10.0. The molecule has 5 heteroatoms. The molecule has 1 atom stereocenters. The molecule has 1 aliphatic heterocycles. The Balaban J connectivity index is 1.88. The van der Waals surface area contributed by atoms with Crippen molar-refractivity contribution in [3.8, 4) is 0 Å². The zero-order chi connectivity index (χ0) is 10.7. The van der Waals surface area contributed by atoms with Gasteiger partial charge in [-0.3, -0.25) is 0 Å². The molecular weight excluding hydrogens is 198 g/mol. The molecular formula is C10H13NO4. The fourth-order valence-electron chi connectivity index (χ4n) is 1.56. The Kier molecular flexibility index (Phi) is 2.91. The van der Waals surface area contributed by atoms with E-state index in [2.05, 4.69) is 5.32 Å². The molecule has 1 amide bonds. The molecule has 2 N–H and O–H groups in total. The zero-order valence-corrected chi connectivity index (χ0v) is 8.23. The molecule has 1 saturated heterocycles. The van der Waals surface area contributed by atoms with Crippen molar-refractivity contribution in [2.45, 2.75) is 13.0 Å². The Morgan fingerprint density at radius 2 is 2.27 bits per heavy atom. The maximum Gasteiger partial charge on any atom is 0.407 e. The van der Waals surface area contributed by atoms with Gasteiger partial charge in [0, 0.05) is 18.9 Å². The molecule has 1 fully saturated rings. The predicted molar refractivity (Wildman–Crippen MR) is 51.2 cm³/mol. The highest BCUT2D eigenvalue weighted by Crippen LogP contribution is 2.14. The third kappa shape index (κ3) is 2.50. The summed E-state index contributed by atoms with van der Waals surface area (Å²) in [6.45, 7) is 0.937. The minimum absolute atomic E-state index is 0.0854. The first-order valence-corrected chi connectivity index (χ1v) is 4.87. The van der Waals surface area contributed by atoms with Crippen molar-refractivity contribution in [1.82, 2.24) is 5.32 Å². The highest BCUT2D eigenvalue weighted by Gasteiger charge is 2.20. The molecule has 0 aliphatic carbocycles. The van der Waals surface area contributed by atoms with E-state index in [9.17, 15) is 4.79 Å². The number of carbonyl (C=O) groups excluding carboxylic acids is 1. The van der Waals surface area contributed by atoms with Crippen LogP contribution >= 0.6 is 0 Å². The number of aliphatic hydroxyl groups is 1.